The van der Waals surface area contributed by atoms with E-state index < -0.39 is 0 Å². The Morgan fingerprint density at radius 3 is 2.83 bits per heavy atom. The first-order valence-electron chi connectivity index (χ1n) is 10.00. The molecule has 29 heavy (non-hydrogen) atoms. The molecule has 6 nitrogen and oxygen atoms in total. The van der Waals surface area contributed by atoms with Crippen LogP contribution in [0, 0.1) is 11.8 Å². The Hall–Kier alpha value is -1.96. The van der Waals surface area contributed by atoms with Crippen molar-refractivity contribution in [2.24, 2.45) is 17.6 Å². The largest absolute Gasteiger partial charge is 0.338 e. The number of hydrogen-bond acceptors (Lipinski definition) is 5. The Morgan fingerprint density at radius 2 is 2.14 bits per heavy atom. The summed E-state index contributed by atoms with van der Waals surface area (Å²) in [5, 5.41) is 7.39. The van der Waals surface area contributed by atoms with Crippen molar-refractivity contribution in [1.82, 2.24) is 19.7 Å². The monoisotopic (exact) mass is 431 g/mol. The predicted molar refractivity (Wildman–Crippen MR) is 119 cm³/mol. The van der Waals surface area contributed by atoms with E-state index >= 15 is 0 Å². The first-order chi connectivity index (χ1) is 13.5. The van der Waals surface area contributed by atoms with E-state index in [0.717, 1.165) is 47.5 Å². The minimum Gasteiger partial charge on any atom is -0.338 e. The molecule has 2 N–H and O–H groups in total. The van der Waals surface area contributed by atoms with E-state index in [9.17, 15) is 4.79 Å². The molecule has 0 bridgehead atoms. The number of carbonyl (C=O) groups is 1. The Bertz CT molecular complexity index is 1030. The van der Waals surface area contributed by atoms with Gasteiger partial charge in [-0.05, 0) is 56.0 Å². The average Bonchev–Trinajstić information content (AvgIpc) is 3.45. The van der Waals surface area contributed by atoms with E-state index in [2.05, 4.69) is 18.9 Å². The van der Waals surface area contributed by atoms with Crippen LogP contribution in [-0.4, -0.2) is 44.7 Å². The number of carbonyl (C=O) groups excluding carboxylic acids is 1. The number of rotatable bonds is 3. The van der Waals surface area contributed by atoms with Crippen LogP contribution in [0.15, 0.2) is 29.8 Å². The Labute approximate surface area is 180 Å². The van der Waals surface area contributed by atoms with E-state index in [1.54, 1.807) is 17.5 Å². The van der Waals surface area contributed by atoms with Gasteiger partial charge in [-0.3, -0.25) is 4.79 Å². The molecule has 1 saturated carbocycles. The van der Waals surface area contributed by atoms with Crippen LogP contribution in [0.1, 0.15) is 43.1 Å². The second-order valence-electron chi connectivity index (χ2n) is 8.33. The van der Waals surface area contributed by atoms with Gasteiger partial charge in [0.05, 0.1) is 27.7 Å². The van der Waals surface area contributed by atoms with Gasteiger partial charge in [0.1, 0.15) is 0 Å². The van der Waals surface area contributed by atoms with Gasteiger partial charge in [0.25, 0.3) is 5.91 Å². The molecule has 1 amide bonds. The van der Waals surface area contributed by atoms with Gasteiger partial charge in [-0.15, -0.1) is 23.7 Å². The third-order valence-corrected chi connectivity index (χ3v) is 7.15. The fourth-order valence-corrected chi connectivity index (χ4v) is 5.45. The number of amides is 1. The van der Waals surface area contributed by atoms with Crippen molar-refractivity contribution in [3.63, 3.8) is 0 Å². The maximum atomic E-state index is 13.5. The molecule has 3 aromatic rings. The van der Waals surface area contributed by atoms with E-state index in [1.807, 2.05) is 33.2 Å². The lowest BCUT2D eigenvalue weighted by atomic mass is 9.98. The molecular weight excluding hydrogens is 406 g/mol. The summed E-state index contributed by atoms with van der Waals surface area (Å²) in [6.45, 7) is 5.74. The highest BCUT2D eigenvalue weighted by Crippen LogP contribution is 2.38. The molecule has 2 fully saturated rings. The highest BCUT2D eigenvalue weighted by Gasteiger charge is 2.43. The number of halogens is 1. The van der Waals surface area contributed by atoms with Crippen molar-refractivity contribution >= 4 is 40.7 Å². The number of nitrogens with zero attached hydrogens (tertiary/aromatic N) is 4. The van der Waals surface area contributed by atoms with Crippen LogP contribution in [0.5, 0.6) is 0 Å². The fourth-order valence-electron chi connectivity index (χ4n) is 4.77. The SMILES string of the molecule is CC(C)n1ncc2c(C(=O)N3CC4CCC(N)C4C3)cc(-c3cccs3)nc21.Cl. The third-order valence-electron chi connectivity index (χ3n) is 6.26. The smallest absolute Gasteiger partial charge is 0.254 e. The number of likely N-dealkylation sites (tertiary alicyclic amines) is 1. The van der Waals surface area contributed by atoms with Gasteiger partial charge in [0, 0.05) is 25.2 Å². The normalized spacial score (nSPS) is 23.6. The van der Waals surface area contributed by atoms with Gasteiger partial charge < -0.3 is 10.6 Å². The number of hydrogen-bond donors (Lipinski definition) is 1. The standard InChI is InChI=1S/C21H25N5OS.ClH/c1-12(2)26-20-15(9-23-26)14(8-18(24-20)19-4-3-7-28-19)21(27)25-10-13-5-6-17(22)16(13)11-25;/h3-4,7-9,12-13,16-17H,5-6,10-11,22H2,1-2H3;1H. The molecule has 0 radical (unpaired) electrons. The molecular formula is C21H26ClN5OS. The van der Waals surface area contributed by atoms with Crippen LogP contribution in [-0.2, 0) is 0 Å². The lowest BCUT2D eigenvalue weighted by molar-refractivity contribution is 0.0781. The zero-order valence-corrected chi connectivity index (χ0v) is 18.2. The van der Waals surface area contributed by atoms with E-state index in [-0.39, 0.29) is 30.4 Å². The Balaban J connectivity index is 0.00000205. The van der Waals surface area contributed by atoms with Crippen LogP contribution in [0.4, 0.5) is 0 Å². The summed E-state index contributed by atoms with van der Waals surface area (Å²) in [4.78, 5) is 21.4. The van der Waals surface area contributed by atoms with Crippen LogP contribution >= 0.6 is 23.7 Å². The summed E-state index contributed by atoms with van der Waals surface area (Å²) >= 11 is 1.63. The molecule has 0 spiro atoms. The van der Waals surface area contributed by atoms with Crippen LogP contribution in [0.2, 0.25) is 0 Å². The van der Waals surface area contributed by atoms with Gasteiger partial charge in [0.15, 0.2) is 5.65 Å². The van der Waals surface area contributed by atoms with Gasteiger partial charge in [0.2, 0.25) is 0 Å². The first kappa shape index (κ1) is 20.3. The van der Waals surface area contributed by atoms with E-state index in [4.69, 9.17) is 10.7 Å². The lowest BCUT2D eigenvalue weighted by Crippen LogP contribution is -2.33. The molecule has 154 valence electrons. The molecule has 1 aliphatic carbocycles. The van der Waals surface area contributed by atoms with Crippen molar-refractivity contribution in [3.8, 4) is 10.6 Å². The third kappa shape index (κ3) is 3.35. The number of nitrogens with two attached hydrogens (primary N) is 1. The van der Waals surface area contributed by atoms with Gasteiger partial charge in [-0.25, -0.2) is 9.67 Å². The van der Waals surface area contributed by atoms with E-state index in [0.29, 0.717) is 17.4 Å². The summed E-state index contributed by atoms with van der Waals surface area (Å²) in [5.74, 6) is 1.07. The highest BCUT2D eigenvalue weighted by atomic mass is 35.5. The van der Waals surface area contributed by atoms with Gasteiger partial charge >= 0.3 is 0 Å². The number of thiophene rings is 1. The van der Waals surface area contributed by atoms with Crippen LogP contribution in [0.25, 0.3) is 21.6 Å². The minimum absolute atomic E-state index is 0. The molecule has 1 saturated heterocycles. The van der Waals surface area contributed by atoms with Crippen molar-refractivity contribution in [2.75, 3.05) is 13.1 Å². The van der Waals surface area contributed by atoms with Crippen molar-refractivity contribution in [3.05, 3.63) is 35.3 Å². The van der Waals surface area contributed by atoms with Crippen molar-refractivity contribution < 1.29 is 4.79 Å². The van der Waals surface area contributed by atoms with Crippen molar-refractivity contribution in [1.29, 1.82) is 0 Å². The number of aromatic nitrogens is 3. The topological polar surface area (TPSA) is 77.0 Å². The average molecular weight is 432 g/mol. The predicted octanol–water partition coefficient (Wildman–Crippen LogP) is 3.97. The second-order valence-corrected chi connectivity index (χ2v) is 9.28. The summed E-state index contributed by atoms with van der Waals surface area (Å²) in [7, 11) is 0. The number of pyridine rings is 1. The zero-order chi connectivity index (χ0) is 19.4. The maximum absolute atomic E-state index is 13.5. The molecule has 2 aliphatic rings. The molecule has 3 unspecified atom stereocenters. The molecule has 4 heterocycles. The van der Waals surface area contributed by atoms with E-state index in [1.165, 1.54) is 0 Å². The fraction of sp³-hybridized carbons (Fsp3) is 0.476. The zero-order valence-electron chi connectivity index (χ0n) is 16.6. The summed E-state index contributed by atoms with van der Waals surface area (Å²) < 4.78 is 1.90. The Kier molecular flexibility index (Phi) is 5.40. The minimum atomic E-state index is 0. The van der Waals surface area contributed by atoms with Gasteiger partial charge in [-0.1, -0.05) is 6.07 Å². The molecule has 3 atom stereocenters. The maximum Gasteiger partial charge on any atom is 0.254 e. The highest BCUT2D eigenvalue weighted by molar-refractivity contribution is 7.13. The molecule has 5 rings (SSSR count). The molecule has 3 aromatic heterocycles. The first-order valence-corrected chi connectivity index (χ1v) is 10.9. The summed E-state index contributed by atoms with van der Waals surface area (Å²) in [6.07, 6.45) is 4.00. The summed E-state index contributed by atoms with van der Waals surface area (Å²) in [6, 6.07) is 6.40. The summed E-state index contributed by atoms with van der Waals surface area (Å²) in [5.41, 5.74) is 8.59. The Morgan fingerprint density at radius 1 is 1.31 bits per heavy atom. The molecule has 0 aromatic carbocycles. The van der Waals surface area contributed by atoms with Crippen molar-refractivity contribution in [2.45, 2.75) is 38.8 Å². The quantitative estimate of drug-likeness (QED) is 0.680. The van der Waals surface area contributed by atoms with Crippen LogP contribution in [0.3, 0.4) is 0 Å². The van der Waals surface area contributed by atoms with Gasteiger partial charge in [-0.2, -0.15) is 5.10 Å². The molecule has 8 heteroatoms. The number of fused-ring (bicyclic) bond motifs is 2. The second kappa shape index (κ2) is 7.70. The lowest BCUT2D eigenvalue weighted by Gasteiger charge is -2.19. The molecule has 1 aliphatic heterocycles. The van der Waals surface area contributed by atoms with Crippen LogP contribution < -0.4 is 5.73 Å².